The Morgan fingerprint density at radius 1 is 1.42 bits per heavy atom. The van der Waals surface area contributed by atoms with Crippen LogP contribution in [0.5, 0.6) is 0 Å². The Hall–Kier alpha value is -1.73. The van der Waals surface area contributed by atoms with Crippen molar-refractivity contribution in [2.45, 2.75) is 11.8 Å². The predicted octanol–water partition coefficient (Wildman–Crippen LogP) is 2.21. The third-order valence-corrected chi connectivity index (χ3v) is 3.46. The van der Waals surface area contributed by atoms with E-state index in [2.05, 4.69) is 15.3 Å². The van der Waals surface area contributed by atoms with E-state index in [9.17, 15) is 4.79 Å². The molecule has 2 rings (SSSR count). The van der Waals surface area contributed by atoms with E-state index in [4.69, 9.17) is 12.2 Å². The minimum absolute atomic E-state index is 0.174. The quantitative estimate of drug-likeness (QED) is 0.535. The summed E-state index contributed by atoms with van der Waals surface area (Å²) in [5, 5.41) is 10.4. The van der Waals surface area contributed by atoms with Crippen molar-refractivity contribution in [3.05, 3.63) is 50.6 Å². The molecule has 0 aliphatic heterocycles. The van der Waals surface area contributed by atoms with Gasteiger partial charge in [-0.1, -0.05) is 12.1 Å². The van der Waals surface area contributed by atoms with Crippen LogP contribution in [0.4, 0.5) is 0 Å². The molecule has 1 N–H and O–H groups in total. The number of aromatic nitrogens is 3. The number of rotatable bonds is 3. The van der Waals surface area contributed by atoms with Gasteiger partial charge in [0.25, 0.3) is 5.56 Å². The van der Waals surface area contributed by atoms with Gasteiger partial charge in [0.2, 0.25) is 4.77 Å². The first kappa shape index (κ1) is 13.7. The van der Waals surface area contributed by atoms with Gasteiger partial charge in [-0.15, -0.1) is 11.8 Å². The third-order valence-electron chi connectivity index (χ3n) is 2.45. The van der Waals surface area contributed by atoms with E-state index in [1.807, 2.05) is 30.5 Å². The summed E-state index contributed by atoms with van der Waals surface area (Å²) >= 11 is 6.65. The molecule has 0 atom stereocenters. The molecular formula is C12H12N4OS2. The van der Waals surface area contributed by atoms with Crippen LogP contribution in [0.15, 0.2) is 39.1 Å². The van der Waals surface area contributed by atoms with E-state index in [0.717, 1.165) is 10.2 Å². The molecule has 0 saturated carbocycles. The van der Waals surface area contributed by atoms with Crippen LogP contribution in [-0.4, -0.2) is 27.3 Å². The first-order valence-electron chi connectivity index (χ1n) is 5.48. The Kier molecular flexibility index (Phi) is 4.28. The summed E-state index contributed by atoms with van der Waals surface area (Å²) in [7, 11) is 0. The van der Waals surface area contributed by atoms with Crippen molar-refractivity contribution in [3.63, 3.8) is 0 Å². The van der Waals surface area contributed by atoms with Gasteiger partial charge >= 0.3 is 0 Å². The molecule has 2 aromatic rings. The van der Waals surface area contributed by atoms with E-state index >= 15 is 0 Å². The van der Waals surface area contributed by atoms with Crippen LogP contribution < -0.4 is 5.56 Å². The second-order valence-corrected chi connectivity index (χ2v) is 5.02. The zero-order valence-corrected chi connectivity index (χ0v) is 12.1. The number of nitrogens with one attached hydrogen (secondary N) is 1. The van der Waals surface area contributed by atoms with Crippen molar-refractivity contribution in [3.8, 4) is 0 Å². The van der Waals surface area contributed by atoms with Gasteiger partial charge in [-0.05, 0) is 43.1 Å². The average Bonchev–Trinajstić information content (AvgIpc) is 2.44. The molecule has 0 spiro atoms. The molecule has 0 bridgehead atoms. The predicted molar refractivity (Wildman–Crippen MR) is 79.6 cm³/mol. The van der Waals surface area contributed by atoms with Crippen LogP contribution in [0, 0.1) is 11.7 Å². The smallest absolute Gasteiger partial charge is 0.265 e. The van der Waals surface area contributed by atoms with Gasteiger partial charge in [-0.2, -0.15) is 14.9 Å². The molecule has 0 radical (unpaired) electrons. The van der Waals surface area contributed by atoms with E-state index < -0.39 is 0 Å². The lowest BCUT2D eigenvalue weighted by Crippen LogP contribution is -2.22. The lowest BCUT2D eigenvalue weighted by atomic mass is 10.2. The fourth-order valence-electron chi connectivity index (χ4n) is 1.39. The molecule has 0 amide bonds. The van der Waals surface area contributed by atoms with Crippen molar-refractivity contribution >= 4 is 30.2 Å². The topological polar surface area (TPSA) is 63.0 Å². The largest absolute Gasteiger partial charge is 0.296 e. The maximum absolute atomic E-state index is 11.8. The second kappa shape index (κ2) is 5.94. The lowest BCUT2D eigenvalue weighted by molar-refractivity contribution is 0.720. The molecule has 5 nitrogen and oxygen atoms in total. The van der Waals surface area contributed by atoms with E-state index in [1.165, 1.54) is 4.90 Å². The normalized spacial score (nSPS) is 11.1. The monoisotopic (exact) mass is 292 g/mol. The first-order chi connectivity index (χ1) is 9.11. The maximum Gasteiger partial charge on any atom is 0.296 e. The number of aryl methyl sites for hydroxylation is 1. The number of aromatic amines is 1. The fourth-order valence-corrected chi connectivity index (χ4v) is 1.98. The number of H-pyrrole nitrogens is 1. The zero-order chi connectivity index (χ0) is 13.8. The molecule has 0 aliphatic carbocycles. The highest BCUT2D eigenvalue weighted by Crippen LogP contribution is 2.13. The van der Waals surface area contributed by atoms with E-state index in [-0.39, 0.29) is 10.3 Å². The molecule has 0 unspecified atom stereocenters. The van der Waals surface area contributed by atoms with Crippen molar-refractivity contribution in [2.75, 3.05) is 6.26 Å². The van der Waals surface area contributed by atoms with Crippen LogP contribution in [0.2, 0.25) is 0 Å². The Balaban J connectivity index is 2.35. The molecule has 0 fully saturated rings. The lowest BCUT2D eigenvalue weighted by Gasteiger charge is -1.99. The molecule has 1 aromatic heterocycles. The van der Waals surface area contributed by atoms with Gasteiger partial charge in [-0.25, -0.2) is 0 Å². The standard InChI is InChI=1S/C12H12N4OS2/c1-8-11(17)16(12(18)15-14-8)13-7-9-3-5-10(19-2)6-4-9/h3-7H,1-2H3,(H,15,18)/b13-7+. The number of hydrogen-bond donors (Lipinski definition) is 1. The summed E-state index contributed by atoms with van der Waals surface area (Å²) in [5.74, 6) is 0. The number of hydrogen-bond acceptors (Lipinski definition) is 5. The highest BCUT2D eigenvalue weighted by atomic mass is 32.2. The molecular weight excluding hydrogens is 280 g/mol. The number of thioether (sulfide) groups is 1. The first-order valence-corrected chi connectivity index (χ1v) is 7.12. The van der Waals surface area contributed by atoms with Gasteiger partial charge in [0, 0.05) is 4.90 Å². The molecule has 7 heteroatoms. The fraction of sp³-hybridized carbons (Fsp3) is 0.167. The Bertz CT molecular complexity index is 716. The van der Waals surface area contributed by atoms with Crippen LogP contribution in [0.3, 0.4) is 0 Å². The van der Waals surface area contributed by atoms with Crippen LogP contribution >= 0.6 is 24.0 Å². The highest BCUT2D eigenvalue weighted by molar-refractivity contribution is 7.98. The maximum atomic E-state index is 11.8. The Morgan fingerprint density at radius 3 is 2.74 bits per heavy atom. The van der Waals surface area contributed by atoms with Crippen LogP contribution in [0.25, 0.3) is 0 Å². The average molecular weight is 292 g/mol. The molecule has 0 saturated heterocycles. The summed E-state index contributed by atoms with van der Waals surface area (Å²) in [6, 6.07) is 7.85. The summed E-state index contributed by atoms with van der Waals surface area (Å²) in [4.78, 5) is 13.0. The summed E-state index contributed by atoms with van der Waals surface area (Å²) in [5.41, 5.74) is 0.901. The van der Waals surface area contributed by atoms with E-state index in [0.29, 0.717) is 5.69 Å². The minimum Gasteiger partial charge on any atom is -0.265 e. The summed E-state index contributed by atoms with van der Waals surface area (Å²) in [6.07, 6.45) is 3.61. The number of nitrogens with zero attached hydrogens (tertiary/aromatic N) is 3. The number of benzene rings is 1. The van der Waals surface area contributed by atoms with Crippen LogP contribution in [0.1, 0.15) is 11.3 Å². The Morgan fingerprint density at radius 2 is 2.11 bits per heavy atom. The van der Waals surface area contributed by atoms with Crippen LogP contribution in [-0.2, 0) is 0 Å². The van der Waals surface area contributed by atoms with Gasteiger partial charge in [-0.3, -0.25) is 9.89 Å². The minimum atomic E-state index is -0.319. The zero-order valence-electron chi connectivity index (χ0n) is 10.5. The molecule has 1 aromatic carbocycles. The Labute approximate surface area is 119 Å². The van der Waals surface area contributed by atoms with Gasteiger partial charge in [0.05, 0.1) is 6.21 Å². The second-order valence-electron chi connectivity index (χ2n) is 3.75. The van der Waals surface area contributed by atoms with Crippen molar-refractivity contribution < 1.29 is 0 Å². The molecule has 1 heterocycles. The van der Waals surface area contributed by atoms with Gasteiger partial charge < -0.3 is 0 Å². The third kappa shape index (κ3) is 3.18. The molecule has 19 heavy (non-hydrogen) atoms. The SMILES string of the molecule is CSc1ccc(/C=N/n2c(=S)[nH]nc(C)c2=O)cc1. The van der Waals surface area contributed by atoms with Crippen molar-refractivity contribution in [1.29, 1.82) is 0 Å². The van der Waals surface area contributed by atoms with Crippen molar-refractivity contribution in [1.82, 2.24) is 14.9 Å². The summed E-state index contributed by atoms with van der Waals surface area (Å²) in [6.45, 7) is 1.60. The molecule has 98 valence electrons. The highest BCUT2D eigenvalue weighted by Gasteiger charge is 2.00. The van der Waals surface area contributed by atoms with Gasteiger partial charge in [0.15, 0.2) is 0 Å². The summed E-state index contributed by atoms with van der Waals surface area (Å²) < 4.78 is 1.30. The van der Waals surface area contributed by atoms with Crippen molar-refractivity contribution in [2.24, 2.45) is 5.10 Å². The van der Waals surface area contributed by atoms with Gasteiger partial charge in [0.1, 0.15) is 5.69 Å². The van der Waals surface area contributed by atoms with E-state index in [1.54, 1.807) is 24.9 Å². The molecule has 0 aliphatic rings.